The number of nitrogens with zero attached hydrogens (tertiary/aromatic N) is 3. The first-order valence-electron chi connectivity index (χ1n) is 10.6. The topological polar surface area (TPSA) is 88.6 Å². The van der Waals surface area contributed by atoms with Crippen LogP contribution in [0.2, 0.25) is 0 Å². The molecule has 8 heteroatoms. The average Bonchev–Trinajstić information content (AvgIpc) is 3.34. The van der Waals surface area contributed by atoms with E-state index in [0.717, 1.165) is 30.3 Å². The van der Waals surface area contributed by atoms with Crippen molar-refractivity contribution in [3.8, 4) is 11.5 Å². The fourth-order valence-corrected chi connectivity index (χ4v) is 3.66. The molecular formula is C24H27N5O3. The molecule has 0 spiro atoms. The van der Waals surface area contributed by atoms with E-state index < -0.39 is 0 Å². The molecule has 0 saturated carbocycles. The van der Waals surface area contributed by atoms with Crippen LogP contribution < -0.4 is 25.0 Å². The lowest BCUT2D eigenvalue weighted by atomic mass is 10.1. The van der Waals surface area contributed by atoms with E-state index in [0.29, 0.717) is 28.7 Å². The fraction of sp³-hybridized carbons (Fsp3) is 0.292. The molecule has 4 rings (SSSR count). The van der Waals surface area contributed by atoms with Crippen molar-refractivity contribution < 1.29 is 14.3 Å². The van der Waals surface area contributed by atoms with E-state index in [1.54, 1.807) is 25.3 Å². The number of nitrogens with one attached hydrogen (secondary N) is 2. The van der Waals surface area contributed by atoms with E-state index in [9.17, 15) is 4.79 Å². The zero-order valence-corrected chi connectivity index (χ0v) is 18.5. The number of rotatable bonds is 7. The highest BCUT2D eigenvalue weighted by molar-refractivity contribution is 6.04. The van der Waals surface area contributed by atoms with Gasteiger partial charge in [0, 0.05) is 41.8 Å². The largest absolute Gasteiger partial charge is 0.493 e. The maximum Gasteiger partial charge on any atom is 0.255 e. The number of amides is 1. The summed E-state index contributed by atoms with van der Waals surface area (Å²) in [6, 6.07) is 14.5. The fourth-order valence-electron chi connectivity index (χ4n) is 3.66. The van der Waals surface area contributed by atoms with Crippen LogP contribution in [0.1, 0.15) is 28.9 Å². The average molecular weight is 434 g/mol. The van der Waals surface area contributed by atoms with Gasteiger partial charge in [0.05, 0.1) is 14.2 Å². The molecule has 1 amide bonds. The number of aryl methyl sites for hydroxylation is 1. The zero-order chi connectivity index (χ0) is 22.5. The minimum atomic E-state index is -0.232. The van der Waals surface area contributed by atoms with E-state index in [1.165, 1.54) is 20.0 Å². The van der Waals surface area contributed by atoms with Crippen molar-refractivity contribution >= 4 is 29.0 Å². The van der Waals surface area contributed by atoms with Gasteiger partial charge >= 0.3 is 0 Å². The number of hydrogen-bond acceptors (Lipinski definition) is 7. The molecule has 32 heavy (non-hydrogen) atoms. The van der Waals surface area contributed by atoms with Gasteiger partial charge in [-0.2, -0.15) is 4.98 Å². The Morgan fingerprint density at radius 2 is 1.59 bits per heavy atom. The van der Waals surface area contributed by atoms with Crippen molar-refractivity contribution in [1.82, 2.24) is 9.97 Å². The molecule has 0 radical (unpaired) electrons. The SMILES string of the molecule is COc1ccc(C(=O)Nc2ccc(Nc3nc(C)cc(N4CCCC4)n3)cc2)cc1OC. The standard InChI is InChI=1S/C24H27N5O3/c1-16-14-22(29-12-4-5-13-29)28-24(25-16)27-19-9-7-18(8-10-19)26-23(30)17-6-11-20(31-2)21(15-17)32-3/h6-11,14-15H,4-5,12-13H2,1-3H3,(H,26,30)(H,25,27,28). The second kappa shape index (κ2) is 9.55. The Labute approximate surface area is 187 Å². The van der Waals surface area contributed by atoms with Crippen LogP contribution in [0.3, 0.4) is 0 Å². The Morgan fingerprint density at radius 3 is 2.28 bits per heavy atom. The quantitative estimate of drug-likeness (QED) is 0.571. The maximum absolute atomic E-state index is 12.6. The van der Waals surface area contributed by atoms with Crippen LogP contribution in [0, 0.1) is 6.92 Å². The molecule has 2 aromatic carbocycles. The van der Waals surface area contributed by atoms with Gasteiger partial charge in [0.1, 0.15) is 5.82 Å². The minimum absolute atomic E-state index is 0.232. The van der Waals surface area contributed by atoms with Gasteiger partial charge < -0.3 is 25.0 Å². The van der Waals surface area contributed by atoms with Crippen molar-refractivity contribution in [3.05, 3.63) is 59.8 Å². The van der Waals surface area contributed by atoms with Crippen LogP contribution >= 0.6 is 0 Å². The Bertz CT molecular complexity index is 1100. The molecule has 2 heterocycles. The number of carbonyl (C=O) groups is 1. The molecule has 8 nitrogen and oxygen atoms in total. The lowest BCUT2D eigenvalue weighted by Gasteiger charge is -2.17. The van der Waals surface area contributed by atoms with Crippen LogP contribution in [0.5, 0.6) is 11.5 Å². The van der Waals surface area contributed by atoms with Gasteiger partial charge in [0.2, 0.25) is 5.95 Å². The van der Waals surface area contributed by atoms with Crippen molar-refractivity contribution in [1.29, 1.82) is 0 Å². The van der Waals surface area contributed by atoms with Crippen molar-refractivity contribution in [2.75, 3.05) is 42.8 Å². The molecule has 2 N–H and O–H groups in total. The summed E-state index contributed by atoms with van der Waals surface area (Å²) in [4.78, 5) is 24.1. The molecule has 0 atom stereocenters. The van der Waals surface area contributed by atoms with Gasteiger partial charge in [-0.3, -0.25) is 4.79 Å². The van der Waals surface area contributed by atoms with E-state index in [2.05, 4.69) is 25.5 Å². The monoisotopic (exact) mass is 433 g/mol. The molecule has 1 aromatic heterocycles. The Morgan fingerprint density at radius 1 is 0.906 bits per heavy atom. The van der Waals surface area contributed by atoms with E-state index in [1.807, 2.05) is 37.3 Å². The van der Waals surface area contributed by atoms with Crippen LogP contribution in [-0.2, 0) is 0 Å². The Balaban J connectivity index is 1.43. The second-order valence-corrected chi connectivity index (χ2v) is 7.61. The first-order valence-corrected chi connectivity index (χ1v) is 10.6. The third-order valence-corrected chi connectivity index (χ3v) is 5.32. The molecule has 0 unspecified atom stereocenters. The first kappa shape index (κ1) is 21.4. The van der Waals surface area contributed by atoms with Gasteiger partial charge in [-0.25, -0.2) is 4.98 Å². The minimum Gasteiger partial charge on any atom is -0.493 e. The molecule has 1 saturated heterocycles. The van der Waals surface area contributed by atoms with E-state index in [-0.39, 0.29) is 5.91 Å². The second-order valence-electron chi connectivity index (χ2n) is 7.61. The number of aromatic nitrogens is 2. The van der Waals surface area contributed by atoms with Gasteiger partial charge in [-0.15, -0.1) is 0 Å². The van der Waals surface area contributed by atoms with Crippen LogP contribution in [-0.4, -0.2) is 43.2 Å². The molecule has 1 fully saturated rings. The molecular weight excluding hydrogens is 406 g/mol. The van der Waals surface area contributed by atoms with Crippen molar-refractivity contribution in [3.63, 3.8) is 0 Å². The van der Waals surface area contributed by atoms with Crippen molar-refractivity contribution in [2.24, 2.45) is 0 Å². The number of methoxy groups -OCH3 is 2. The molecule has 166 valence electrons. The number of ether oxygens (including phenoxy) is 2. The first-order chi connectivity index (χ1) is 15.6. The lowest BCUT2D eigenvalue weighted by Crippen LogP contribution is -2.19. The highest BCUT2D eigenvalue weighted by Gasteiger charge is 2.15. The smallest absolute Gasteiger partial charge is 0.255 e. The van der Waals surface area contributed by atoms with E-state index >= 15 is 0 Å². The van der Waals surface area contributed by atoms with Crippen molar-refractivity contribution in [2.45, 2.75) is 19.8 Å². The van der Waals surface area contributed by atoms with Gasteiger partial charge in [-0.05, 0) is 62.2 Å². The Hall–Kier alpha value is -3.81. The summed E-state index contributed by atoms with van der Waals surface area (Å²) in [5, 5.41) is 6.15. The van der Waals surface area contributed by atoms with Crippen LogP contribution in [0.4, 0.5) is 23.1 Å². The molecule has 1 aliphatic rings. The summed E-state index contributed by atoms with van der Waals surface area (Å²) in [6.07, 6.45) is 2.39. The zero-order valence-electron chi connectivity index (χ0n) is 18.5. The third-order valence-electron chi connectivity index (χ3n) is 5.32. The number of benzene rings is 2. The summed E-state index contributed by atoms with van der Waals surface area (Å²) in [7, 11) is 3.10. The third kappa shape index (κ3) is 4.91. The lowest BCUT2D eigenvalue weighted by molar-refractivity contribution is 0.102. The number of hydrogen-bond donors (Lipinski definition) is 2. The number of carbonyl (C=O) groups excluding carboxylic acids is 1. The summed E-state index contributed by atoms with van der Waals surface area (Å²) in [5.74, 6) is 2.37. The Kier molecular flexibility index (Phi) is 6.39. The van der Waals surface area contributed by atoms with E-state index in [4.69, 9.17) is 9.47 Å². The predicted molar refractivity (Wildman–Crippen MR) is 125 cm³/mol. The molecule has 0 bridgehead atoms. The molecule has 3 aromatic rings. The molecule has 0 aliphatic carbocycles. The van der Waals surface area contributed by atoms with Gasteiger partial charge in [0.15, 0.2) is 11.5 Å². The highest BCUT2D eigenvalue weighted by Crippen LogP contribution is 2.28. The normalized spacial score (nSPS) is 13.0. The summed E-state index contributed by atoms with van der Waals surface area (Å²) >= 11 is 0. The highest BCUT2D eigenvalue weighted by atomic mass is 16.5. The van der Waals surface area contributed by atoms with Crippen LogP contribution in [0.25, 0.3) is 0 Å². The summed E-state index contributed by atoms with van der Waals surface area (Å²) < 4.78 is 10.5. The predicted octanol–water partition coefficient (Wildman–Crippen LogP) is 4.40. The van der Waals surface area contributed by atoms with Gasteiger partial charge in [-0.1, -0.05) is 0 Å². The maximum atomic E-state index is 12.6. The van der Waals surface area contributed by atoms with Crippen LogP contribution in [0.15, 0.2) is 48.5 Å². The summed E-state index contributed by atoms with van der Waals surface area (Å²) in [6.45, 7) is 4.04. The molecule has 1 aliphatic heterocycles. The number of anilines is 4. The van der Waals surface area contributed by atoms with Gasteiger partial charge in [0.25, 0.3) is 5.91 Å². The summed E-state index contributed by atoms with van der Waals surface area (Å²) in [5.41, 5.74) is 2.92.